The average Bonchev–Trinajstić information content (AvgIpc) is 2.91. The summed E-state index contributed by atoms with van der Waals surface area (Å²) in [5.41, 5.74) is 2.13. The summed E-state index contributed by atoms with van der Waals surface area (Å²) in [7, 11) is 0. The van der Waals surface area contributed by atoms with Crippen LogP contribution >= 0.6 is 15.9 Å². The van der Waals surface area contributed by atoms with Crippen molar-refractivity contribution in [3.8, 4) is 0 Å². The van der Waals surface area contributed by atoms with E-state index < -0.39 is 0 Å². The molecule has 0 aliphatic carbocycles. The van der Waals surface area contributed by atoms with Gasteiger partial charge < -0.3 is 10.4 Å². The lowest BCUT2D eigenvalue weighted by atomic mass is 10.0. The number of hydrogen-bond donors (Lipinski definition) is 2. The molecule has 0 spiro atoms. The molecule has 0 saturated carbocycles. The summed E-state index contributed by atoms with van der Waals surface area (Å²) in [6.07, 6.45) is 6.76. The Morgan fingerprint density at radius 1 is 1.27 bits per heavy atom. The highest BCUT2D eigenvalue weighted by molar-refractivity contribution is 9.10. The van der Waals surface area contributed by atoms with E-state index in [9.17, 15) is 5.11 Å². The summed E-state index contributed by atoms with van der Waals surface area (Å²) in [5, 5.41) is 17.0. The second-order valence-electron chi connectivity index (χ2n) is 5.10. The largest absolute Gasteiger partial charge is 0.396 e. The highest BCUT2D eigenvalue weighted by atomic mass is 79.9. The van der Waals surface area contributed by atoms with Gasteiger partial charge in [0.1, 0.15) is 5.52 Å². The molecular weight excluding hydrogens is 344 g/mol. The van der Waals surface area contributed by atoms with Crippen LogP contribution in [-0.2, 0) is 6.42 Å². The summed E-state index contributed by atoms with van der Waals surface area (Å²) in [4.78, 5) is 4.42. The van der Waals surface area contributed by atoms with E-state index >= 15 is 0 Å². The second kappa shape index (κ2) is 6.89. The number of anilines is 1. The lowest BCUT2D eigenvalue weighted by Gasteiger charge is -2.19. The van der Waals surface area contributed by atoms with Gasteiger partial charge in [-0.25, -0.2) is 9.50 Å². The Kier molecular flexibility index (Phi) is 4.70. The number of hydrogen-bond acceptors (Lipinski definition) is 4. The maximum Gasteiger partial charge on any atom is 0.153 e. The molecule has 1 aromatic carbocycles. The molecule has 22 heavy (non-hydrogen) atoms. The van der Waals surface area contributed by atoms with Crippen LogP contribution in [0, 0.1) is 0 Å². The molecular formula is C16H17BrN4O. The van der Waals surface area contributed by atoms with Crippen molar-refractivity contribution in [2.45, 2.75) is 18.9 Å². The van der Waals surface area contributed by atoms with Gasteiger partial charge in [0.05, 0.1) is 10.7 Å². The molecule has 2 aromatic heterocycles. The first-order valence-corrected chi connectivity index (χ1v) is 7.96. The Morgan fingerprint density at radius 2 is 2.09 bits per heavy atom. The molecule has 6 heteroatoms. The van der Waals surface area contributed by atoms with Gasteiger partial charge in [-0.2, -0.15) is 5.10 Å². The van der Waals surface area contributed by atoms with Crippen molar-refractivity contribution in [3.05, 3.63) is 59.0 Å². The zero-order valence-corrected chi connectivity index (χ0v) is 13.6. The molecule has 1 unspecified atom stereocenters. The van der Waals surface area contributed by atoms with Crippen molar-refractivity contribution in [2.75, 3.05) is 11.9 Å². The van der Waals surface area contributed by atoms with Crippen LogP contribution in [0.15, 0.2) is 53.4 Å². The Labute approximate surface area is 137 Å². The average molecular weight is 361 g/mol. The van der Waals surface area contributed by atoms with E-state index in [4.69, 9.17) is 0 Å². The van der Waals surface area contributed by atoms with Crippen LogP contribution in [0.25, 0.3) is 5.52 Å². The third-order valence-corrected chi connectivity index (χ3v) is 4.11. The molecule has 1 atom stereocenters. The van der Waals surface area contributed by atoms with Crippen molar-refractivity contribution < 1.29 is 5.11 Å². The third-order valence-electron chi connectivity index (χ3n) is 3.53. The third kappa shape index (κ3) is 3.28. The number of halogens is 1. The van der Waals surface area contributed by atoms with Crippen molar-refractivity contribution in [2.24, 2.45) is 0 Å². The summed E-state index contributed by atoms with van der Waals surface area (Å²) in [6, 6.07) is 10.3. The molecule has 0 aliphatic heterocycles. The molecule has 0 bridgehead atoms. The topological polar surface area (TPSA) is 62.5 Å². The summed E-state index contributed by atoms with van der Waals surface area (Å²) < 4.78 is 2.67. The number of nitrogens with zero attached hydrogens (tertiary/aromatic N) is 3. The zero-order chi connectivity index (χ0) is 15.4. The Balaban J connectivity index is 1.85. The Hall–Kier alpha value is -1.92. The Morgan fingerprint density at radius 3 is 2.86 bits per heavy atom. The van der Waals surface area contributed by atoms with Gasteiger partial charge >= 0.3 is 0 Å². The first-order valence-electron chi connectivity index (χ1n) is 7.17. The van der Waals surface area contributed by atoms with Crippen LogP contribution in [-0.4, -0.2) is 32.4 Å². The minimum Gasteiger partial charge on any atom is -0.396 e. The van der Waals surface area contributed by atoms with E-state index in [0.717, 1.165) is 22.2 Å². The van der Waals surface area contributed by atoms with E-state index in [1.165, 1.54) is 5.56 Å². The standard InChI is InChI=1S/C16H17BrN4O/c17-14-11-19-21-8-7-18-16(15(14)21)20-13(6-9-22)10-12-4-2-1-3-5-12/h1-5,7-8,11,13,22H,6,9-10H2,(H,18,20). The lowest BCUT2D eigenvalue weighted by molar-refractivity contribution is 0.279. The second-order valence-corrected chi connectivity index (χ2v) is 5.96. The van der Waals surface area contributed by atoms with Crippen molar-refractivity contribution in [3.63, 3.8) is 0 Å². The quantitative estimate of drug-likeness (QED) is 0.709. The molecule has 2 heterocycles. The van der Waals surface area contributed by atoms with Gasteiger partial charge in [-0.05, 0) is 34.3 Å². The van der Waals surface area contributed by atoms with Gasteiger partial charge in [0.25, 0.3) is 0 Å². The van der Waals surface area contributed by atoms with E-state index in [1.807, 2.05) is 24.4 Å². The van der Waals surface area contributed by atoms with Crippen molar-refractivity contribution >= 4 is 27.3 Å². The number of aliphatic hydroxyl groups excluding tert-OH is 1. The maximum absolute atomic E-state index is 9.33. The first-order chi connectivity index (χ1) is 10.8. The number of aliphatic hydroxyl groups is 1. The van der Waals surface area contributed by atoms with Crippen molar-refractivity contribution in [1.82, 2.24) is 14.6 Å². The molecule has 114 valence electrons. The number of fused-ring (bicyclic) bond motifs is 1. The highest BCUT2D eigenvalue weighted by Gasteiger charge is 2.14. The van der Waals surface area contributed by atoms with Gasteiger partial charge in [0.2, 0.25) is 0 Å². The van der Waals surface area contributed by atoms with E-state index in [1.54, 1.807) is 16.9 Å². The highest BCUT2D eigenvalue weighted by Crippen LogP contribution is 2.24. The zero-order valence-electron chi connectivity index (χ0n) is 12.0. The number of rotatable bonds is 6. The molecule has 2 N–H and O–H groups in total. The fourth-order valence-corrected chi connectivity index (χ4v) is 2.95. The fraction of sp³-hybridized carbons (Fsp3) is 0.250. The molecule has 0 saturated heterocycles. The van der Waals surface area contributed by atoms with Gasteiger partial charge in [-0.15, -0.1) is 0 Å². The van der Waals surface area contributed by atoms with E-state index in [2.05, 4.69) is 43.5 Å². The van der Waals surface area contributed by atoms with Crippen LogP contribution in [0.2, 0.25) is 0 Å². The smallest absolute Gasteiger partial charge is 0.153 e. The molecule has 0 aliphatic rings. The van der Waals surface area contributed by atoms with Crippen LogP contribution < -0.4 is 5.32 Å². The maximum atomic E-state index is 9.33. The normalized spacial score (nSPS) is 12.5. The molecule has 5 nitrogen and oxygen atoms in total. The first kappa shape index (κ1) is 15.0. The van der Waals surface area contributed by atoms with Gasteiger partial charge in [-0.1, -0.05) is 30.3 Å². The van der Waals surface area contributed by atoms with Crippen LogP contribution in [0.5, 0.6) is 0 Å². The van der Waals surface area contributed by atoms with E-state index in [0.29, 0.717) is 6.42 Å². The summed E-state index contributed by atoms with van der Waals surface area (Å²) in [6.45, 7) is 0.133. The lowest BCUT2D eigenvalue weighted by Crippen LogP contribution is -2.24. The monoisotopic (exact) mass is 360 g/mol. The van der Waals surface area contributed by atoms with Gasteiger partial charge in [-0.3, -0.25) is 0 Å². The van der Waals surface area contributed by atoms with Crippen LogP contribution in [0.3, 0.4) is 0 Å². The Bertz CT molecular complexity index is 744. The molecule has 3 rings (SSSR count). The SMILES string of the molecule is OCCC(Cc1ccccc1)Nc1nccn2ncc(Br)c12. The summed E-state index contributed by atoms with van der Waals surface area (Å²) in [5.74, 6) is 0.765. The molecule has 3 aromatic rings. The van der Waals surface area contributed by atoms with Crippen LogP contribution in [0.1, 0.15) is 12.0 Å². The predicted octanol–water partition coefficient (Wildman–Crippen LogP) is 2.90. The summed E-state index contributed by atoms with van der Waals surface area (Å²) >= 11 is 3.50. The number of aromatic nitrogens is 3. The minimum absolute atomic E-state index is 0.105. The molecule has 0 amide bonds. The number of benzene rings is 1. The van der Waals surface area contributed by atoms with E-state index in [-0.39, 0.29) is 12.6 Å². The molecule has 0 fully saturated rings. The minimum atomic E-state index is 0.105. The fourth-order valence-electron chi connectivity index (χ4n) is 2.49. The van der Waals surface area contributed by atoms with Crippen LogP contribution in [0.4, 0.5) is 5.82 Å². The number of nitrogens with one attached hydrogen (secondary N) is 1. The van der Waals surface area contributed by atoms with Gasteiger partial charge in [0.15, 0.2) is 5.82 Å². The van der Waals surface area contributed by atoms with Crippen molar-refractivity contribution in [1.29, 1.82) is 0 Å². The predicted molar refractivity (Wildman–Crippen MR) is 89.9 cm³/mol. The van der Waals surface area contributed by atoms with Gasteiger partial charge in [0, 0.05) is 25.0 Å². The molecule has 0 radical (unpaired) electrons.